The van der Waals surface area contributed by atoms with Crippen LogP contribution in [0.1, 0.15) is 27.2 Å². The van der Waals surface area contributed by atoms with E-state index >= 15 is 0 Å². The van der Waals surface area contributed by atoms with E-state index in [4.69, 9.17) is 0 Å². The first kappa shape index (κ1) is 23.1. The van der Waals surface area contributed by atoms with Gasteiger partial charge in [-0.15, -0.1) is 11.3 Å². The summed E-state index contributed by atoms with van der Waals surface area (Å²) in [5.41, 5.74) is 7.03. The van der Waals surface area contributed by atoms with Gasteiger partial charge in [-0.25, -0.2) is 4.98 Å². The highest BCUT2D eigenvalue weighted by atomic mass is 32.1. The SMILES string of the molecule is CC(C)(C)CC(=O)Nc1cncc(-c2cnc3[nH]nc(-c4cc5c(-c6cccs6)cccc5[nH]4)c3c2)c1. The second kappa shape index (κ2) is 8.97. The number of pyridine rings is 2. The molecule has 0 saturated heterocycles. The van der Waals surface area contributed by atoms with Crippen LogP contribution in [-0.2, 0) is 4.79 Å². The van der Waals surface area contributed by atoms with E-state index in [9.17, 15) is 4.79 Å². The fourth-order valence-electron chi connectivity index (χ4n) is 4.55. The molecule has 5 aromatic heterocycles. The monoisotopic (exact) mass is 506 g/mol. The summed E-state index contributed by atoms with van der Waals surface area (Å²) in [4.78, 5) is 26.2. The van der Waals surface area contributed by atoms with Gasteiger partial charge < -0.3 is 10.3 Å². The maximum atomic E-state index is 12.4. The molecule has 0 aliphatic carbocycles. The van der Waals surface area contributed by atoms with E-state index in [0.717, 1.165) is 38.8 Å². The smallest absolute Gasteiger partial charge is 0.224 e. The molecule has 3 N–H and O–H groups in total. The Bertz CT molecular complexity index is 1740. The molecule has 0 unspecified atom stereocenters. The molecule has 184 valence electrons. The number of fused-ring (bicyclic) bond motifs is 2. The largest absolute Gasteiger partial charge is 0.353 e. The standard InChI is InChI=1S/C29H26N6OS/c1-29(2,3)13-26(36)32-19-10-17(14-30-16-19)18-11-22-27(34-35-28(22)31-15-18)24-12-21-20(25-8-5-9-37-25)6-4-7-23(21)33-24/h4-12,14-16,33H,13H2,1-3H3,(H,32,36)(H,31,34,35). The van der Waals surface area contributed by atoms with Gasteiger partial charge in [0.2, 0.25) is 5.91 Å². The minimum atomic E-state index is -0.0884. The molecule has 6 aromatic rings. The van der Waals surface area contributed by atoms with Gasteiger partial charge in [0.25, 0.3) is 0 Å². The second-order valence-corrected chi connectivity index (χ2v) is 11.3. The molecule has 1 aromatic carbocycles. The molecule has 0 bridgehead atoms. The van der Waals surface area contributed by atoms with Gasteiger partial charge in [0.15, 0.2) is 5.65 Å². The van der Waals surface area contributed by atoms with Crippen molar-refractivity contribution >= 4 is 44.9 Å². The van der Waals surface area contributed by atoms with Crippen LogP contribution in [0.25, 0.3) is 54.9 Å². The van der Waals surface area contributed by atoms with Crippen LogP contribution in [0.3, 0.4) is 0 Å². The lowest BCUT2D eigenvalue weighted by atomic mass is 9.92. The molecule has 37 heavy (non-hydrogen) atoms. The number of H-pyrrole nitrogens is 2. The van der Waals surface area contributed by atoms with Crippen molar-refractivity contribution in [2.24, 2.45) is 5.41 Å². The van der Waals surface area contributed by atoms with Crippen molar-refractivity contribution in [3.63, 3.8) is 0 Å². The lowest BCUT2D eigenvalue weighted by Crippen LogP contribution is -2.19. The number of aromatic amines is 2. The molecule has 0 saturated carbocycles. The average molecular weight is 507 g/mol. The number of nitrogens with one attached hydrogen (secondary N) is 3. The predicted octanol–water partition coefficient (Wildman–Crippen LogP) is 7.27. The van der Waals surface area contributed by atoms with Crippen LogP contribution in [0.2, 0.25) is 0 Å². The number of amides is 1. The number of thiophene rings is 1. The van der Waals surface area contributed by atoms with Crippen LogP contribution in [0.4, 0.5) is 5.69 Å². The molecule has 7 nitrogen and oxygen atoms in total. The van der Waals surface area contributed by atoms with Gasteiger partial charge in [0, 0.05) is 56.7 Å². The number of rotatable bonds is 5. The van der Waals surface area contributed by atoms with Crippen molar-refractivity contribution in [3.05, 3.63) is 72.5 Å². The van der Waals surface area contributed by atoms with Crippen LogP contribution >= 0.6 is 11.3 Å². The van der Waals surface area contributed by atoms with E-state index < -0.39 is 0 Å². The third-order valence-electron chi connectivity index (χ3n) is 6.17. The summed E-state index contributed by atoms with van der Waals surface area (Å²) in [7, 11) is 0. The molecule has 5 heterocycles. The number of aromatic nitrogens is 5. The van der Waals surface area contributed by atoms with Crippen LogP contribution in [-0.4, -0.2) is 31.1 Å². The summed E-state index contributed by atoms with van der Waals surface area (Å²) in [5, 5.41) is 14.8. The highest BCUT2D eigenvalue weighted by Crippen LogP contribution is 2.36. The zero-order chi connectivity index (χ0) is 25.6. The predicted molar refractivity (Wildman–Crippen MR) is 150 cm³/mol. The van der Waals surface area contributed by atoms with Crippen molar-refractivity contribution in [2.75, 3.05) is 5.32 Å². The first-order chi connectivity index (χ1) is 17.8. The maximum Gasteiger partial charge on any atom is 0.224 e. The number of anilines is 1. The van der Waals surface area contributed by atoms with Crippen molar-refractivity contribution in [2.45, 2.75) is 27.2 Å². The first-order valence-corrected chi connectivity index (χ1v) is 13.0. The fourth-order valence-corrected chi connectivity index (χ4v) is 5.31. The van der Waals surface area contributed by atoms with Crippen molar-refractivity contribution in [1.29, 1.82) is 0 Å². The number of carbonyl (C=O) groups excluding carboxylic acids is 1. The summed E-state index contributed by atoms with van der Waals surface area (Å²) in [6.07, 6.45) is 5.66. The highest BCUT2D eigenvalue weighted by molar-refractivity contribution is 7.13. The van der Waals surface area contributed by atoms with E-state index in [1.54, 1.807) is 29.9 Å². The topological polar surface area (TPSA) is 99.3 Å². The summed E-state index contributed by atoms with van der Waals surface area (Å²) >= 11 is 1.73. The lowest BCUT2D eigenvalue weighted by Gasteiger charge is -2.17. The minimum Gasteiger partial charge on any atom is -0.353 e. The van der Waals surface area contributed by atoms with Crippen LogP contribution < -0.4 is 5.32 Å². The van der Waals surface area contributed by atoms with Crippen LogP contribution in [0, 0.1) is 5.41 Å². The van der Waals surface area contributed by atoms with Crippen LogP contribution in [0.5, 0.6) is 0 Å². The van der Waals surface area contributed by atoms with Gasteiger partial charge in [-0.1, -0.05) is 39.0 Å². The number of hydrogen-bond acceptors (Lipinski definition) is 5. The summed E-state index contributed by atoms with van der Waals surface area (Å²) in [6, 6.07) is 16.6. The quantitative estimate of drug-likeness (QED) is 0.229. The fraction of sp³-hybridized carbons (Fsp3) is 0.172. The number of hydrogen-bond donors (Lipinski definition) is 3. The molecule has 0 fully saturated rings. The minimum absolute atomic E-state index is 0.0297. The molecule has 0 aliphatic rings. The highest BCUT2D eigenvalue weighted by Gasteiger charge is 2.17. The summed E-state index contributed by atoms with van der Waals surface area (Å²) in [6.45, 7) is 6.13. The Hall–Kier alpha value is -4.30. The molecular weight excluding hydrogens is 480 g/mol. The average Bonchev–Trinajstić information content (AvgIpc) is 3.61. The van der Waals surface area contributed by atoms with Gasteiger partial charge in [0.1, 0.15) is 5.69 Å². The molecule has 0 spiro atoms. The molecule has 0 atom stereocenters. The molecule has 6 rings (SSSR count). The maximum absolute atomic E-state index is 12.4. The van der Waals surface area contributed by atoms with Gasteiger partial charge in [-0.2, -0.15) is 5.10 Å². The number of carbonyl (C=O) groups is 1. The van der Waals surface area contributed by atoms with Gasteiger partial charge in [-0.3, -0.25) is 14.9 Å². The van der Waals surface area contributed by atoms with E-state index in [1.807, 2.05) is 26.8 Å². The Balaban J connectivity index is 1.36. The van der Waals surface area contributed by atoms with E-state index in [1.165, 1.54) is 10.4 Å². The summed E-state index contributed by atoms with van der Waals surface area (Å²) < 4.78 is 0. The molecule has 1 amide bonds. The Labute approximate surface area is 218 Å². The number of nitrogens with zero attached hydrogens (tertiary/aromatic N) is 3. The van der Waals surface area contributed by atoms with Crippen LogP contribution in [0.15, 0.2) is 72.5 Å². The molecule has 8 heteroatoms. The first-order valence-electron chi connectivity index (χ1n) is 12.1. The Morgan fingerprint density at radius 2 is 1.86 bits per heavy atom. The molecule has 0 aliphatic heterocycles. The zero-order valence-corrected chi connectivity index (χ0v) is 21.6. The van der Waals surface area contributed by atoms with E-state index in [2.05, 4.69) is 78.3 Å². The van der Waals surface area contributed by atoms with E-state index in [0.29, 0.717) is 17.8 Å². The normalized spacial score (nSPS) is 11.9. The number of benzene rings is 1. The molecule has 0 radical (unpaired) electrons. The summed E-state index contributed by atoms with van der Waals surface area (Å²) in [5.74, 6) is -0.0297. The van der Waals surface area contributed by atoms with Crippen molar-refractivity contribution in [1.82, 2.24) is 25.1 Å². The van der Waals surface area contributed by atoms with E-state index in [-0.39, 0.29) is 11.3 Å². The van der Waals surface area contributed by atoms with Gasteiger partial charge >= 0.3 is 0 Å². The van der Waals surface area contributed by atoms with Gasteiger partial charge in [0.05, 0.1) is 17.6 Å². The lowest BCUT2D eigenvalue weighted by molar-refractivity contribution is -0.117. The third-order valence-corrected chi connectivity index (χ3v) is 7.07. The Kier molecular flexibility index (Phi) is 5.61. The zero-order valence-electron chi connectivity index (χ0n) is 20.8. The Morgan fingerprint density at radius 3 is 2.68 bits per heavy atom. The third kappa shape index (κ3) is 4.63. The van der Waals surface area contributed by atoms with Crippen molar-refractivity contribution in [3.8, 4) is 33.0 Å². The molecular formula is C29H26N6OS. The Morgan fingerprint density at radius 1 is 1.00 bits per heavy atom. The van der Waals surface area contributed by atoms with Crippen molar-refractivity contribution < 1.29 is 4.79 Å². The second-order valence-electron chi connectivity index (χ2n) is 10.4. The van der Waals surface area contributed by atoms with Gasteiger partial charge in [-0.05, 0) is 41.1 Å².